The molecule has 3 N–H and O–H groups in total. The Bertz CT molecular complexity index is 1640. The van der Waals surface area contributed by atoms with Crippen LogP contribution in [0.4, 0.5) is 20.7 Å². The minimum Gasteiger partial charge on any atom is -0.457 e. The largest absolute Gasteiger partial charge is 0.457 e. The first-order valence-corrected chi connectivity index (χ1v) is 14.7. The topological polar surface area (TPSA) is 113 Å². The third kappa shape index (κ3) is 7.78. The molecule has 1 aliphatic heterocycles. The zero-order chi connectivity index (χ0) is 31.3. The van der Waals surface area contributed by atoms with Crippen LogP contribution in [0.3, 0.4) is 0 Å². The number of benzene rings is 2. The van der Waals surface area contributed by atoms with Gasteiger partial charge in [-0.15, -0.1) is 0 Å². The highest BCUT2D eigenvalue weighted by Gasteiger charge is 2.22. The second-order valence-corrected chi connectivity index (χ2v) is 11.9. The quantitative estimate of drug-likeness (QED) is 0.209. The number of anilines is 2. The molecule has 0 spiro atoms. The number of amides is 3. The van der Waals surface area contributed by atoms with Gasteiger partial charge in [0.1, 0.15) is 23.1 Å². The van der Waals surface area contributed by atoms with Gasteiger partial charge < -0.3 is 20.3 Å². The minimum atomic E-state index is -0.657. The van der Waals surface area contributed by atoms with Gasteiger partial charge in [-0.25, -0.2) is 13.9 Å². The number of likely N-dealkylation sites (tertiary alicyclic amines) is 1. The average Bonchev–Trinajstić information content (AvgIpc) is 3.65. The molecule has 0 radical (unpaired) electrons. The van der Waals surface area contributed by atoms with Gasteiger partial charge in [-0.2, -0.15) is 5.10 Å². The Kier molecular flexibility index (Phi) is 9.24. The van der Waals surface area contributed by atoms with Gasteiger partial charge in [0.05, 0.1) is 17.1 Å². The highest BCUT2D eigenvalue weighted by molar-refractivity contribution is 5.99. The van der Waals surface area contributed by atoms with Crippen molar-refractivity contribution in [3.8, 4) is 17.2 Å². The molecule has 0 aliphatic carbocycles. The molecule has 11 heteroatoms. The van der Waals surface area contributed by atoms with Crippen molar-refractivity contribution >= 4 is 23.4 Å². The standard InChI is InChI=1S/C33H38FN7O3/c1-22-18-26(12-13-35-22)44-25-10-11-28(27(34)20-25)37-32(43)38-30-21-29(33(2,3)4)39-41(30)24-9-7-8-23(19-24)31(42)36-14-17-40-15-5-6-16-40/h7-13,18-21H,5-6,14-17H2,1-4H3,(H,36,42)(H2,37,38,43). The highest BCUT2D eigenvalue weighted by Crippen LogP contribution is 2.28. The minimum absolute atomic E-state index is 0.0181. The second-order valence-electron chi connectivity index (χ2n) is 11.9. The second kappa shape index (κ2) is 13.3. The van der Waals surface area contributed by atoms with E-state index in [2.05, 4.69) is 25.8 Å². The number of ether oxygens (including phenoxy) is 1. The van der Waals surface area contributed by atoms with Gasteiger partial charge in [0, 0.05) is 54.2 Å². The number of halogens is 1. The van der Waals surface area contributed by atoms with Crippen molar-refractivity contribution in [2.45, 2.75) is 46.0 Å². The van der Waals surface area contributed by atoms with Crippen molar-refractivity contribution in [3.63, 3.8) is 0 Å². The maximum Gasteiger partial charge on any atom is 0.324 e. The Morgan fingerprint density at radius 2 is 1.75 bits per heavy atom. The maximum absolute atomic E-state index is 14.9. The van der Waals surface area contributed by atoms with E-state index in [1.54, 1.807) is 53.3 Å². The van der Waals surface area contributed by atoms with Crippen molar-refractivity contribution in [1.29, 1.82) is 0 Å². The summed E-state index contributed by atoms with van der Waals surface area (Å²) in [5.41, 5.74) is 2.25. The normalized spacial score (nSPS) is 13.5. The van der Waals surface area contributed by atoms with Crippen LogP contribution in [0.5, 0.6) is 11.5 Å². The van der Waals surface area contributed by atoms with Crippen molar-refractivity contribution in [2.75, 3.05) is 36.8 Å². The van der Waals surface area contributed by atoms with E-state index >= 15 is 0 Å². The summed E-state index contributed by atoms with van der Waals surface area (Å²) < 4.78 is 22.2. The molecular weight excluding hydrogens is 561 g/mol. The van der Waals surface area contributed by atoms with Crippen LogP contribution in [0.2, 0.25) is 0 Å². The van der Waals surface area contributed by atoms with Crippen LogP contribution >= 0.6 is 0 Å². The molecule has 0 bridgehead atoms. The van der Waals surface area contributed by atoms with Crippen molar-refractivity contribution in [1.82, 2.24) is 25.0 Å². The zero-order valence-corrected chi connectivity index (χ0v) is 25.5. The molecule has 3 heterocycles. The zero-order valence-electron chi connectivity index (χ0n) is 25.5. The van der Waals surface area contributed by atoms with E-state index in [0.717, 1.165) is 31.0 Å². The van der Waals surface area contributed by atoms with Crippen LogP contribution in [-0.2, 0) is 5.41 Å². The number of urea groups is 1. The lowest BCUT2D eigenvalue weighted by Gasteiger charge is -2.15. The summed E-state index contributed by atoms with van der Waals surface area (Å²) in [6.45, 7) is 11.4. The third-order valence-electron chi connectivity index (χ3n) is 7.28. The monoisotopic (exact) mass is 599 g/mol. The number of carbonyl (C=O) groups is 2. The third-order valence-corrected chi connectivity index (χ3v) is 7.28. The van der Waals surface area contributed by atoms with Gasteiger partial charge >= 0.3 is 6.03 Å². The molecule has 2 aromatic carbocycles. The summed E-state index contributed by atoms with van der Waals surface area (Å²) in [4.78, 5) is 32.4. The molecule has 0 unspecified atom stereocenters. The number of pyridine rings is 1. The van der Waals surface area contributed by atoms with Crippen LogP contribution in [-0.4, -0.2) is 57.8 Å². The van der Waals surface area contributed by atoms with Crippen LogP contribution in [0, 0.1) is 12.7 Å². The van der Waals surface area contributed by atoms with E-state index in [1.165, 1.54) is 25.0 Å². The summed E-state index contributed by atoms with van der Waals surface area (Å²) in [5.74, 6) is 0.348. The number of hydrogen-bond donors (Lipinski definition) is 3. The van der Waals surface area contributed by atoms with E-state index in [-0.39, 0.29) is 22.8 Å². The van der Waals surface area contributed by atoms with Gasteiger partial charge in [-0.1, -0.05) is 26.8 Å². The predicted molar refractivity (Wildman–Crippen MR) is 168 cm³/mol. The number of rotatable bonds is 9. The lowest BCUT2D eigenvalue weighted by molar-refractivity contribution is 0.0949. The van der Waals surface area contributed by atoms with Gasteiger partial charge in [0.2, 0.25) is 0 Å². The Balaban J connectivity index is 1.29. The number of aryl methyl sites for hydroxylation is 1. The molecule has 0 atom stereocenters. The molecular formula is C33H38FN7O3. The van der Waals surface area contributed by atoms with Gasteiger partial charge in [0.25, 0.3) is 5.91 Å². The number of nitrogens with one attached hydrogen (secondary N) is 3. The molecule has 44 heavy (non-hydrogen) atoms. The molecule has 5 rings (SSSR count). The molecule has 10 nitrogen and oxygen atoms in total. The molecule has 2 aromatic heterocycles. The van der Waals surface area contributed by atoms with Crippen LogP contribution in [0.1, 0.15) is 55.4 Å². The Morgan fingerprint density at radius 3 is 2.48 bits per heavy atom. The molecule has 4 aromatic rings. The van der Waals surface area contributed by atoms with E-state index in [1.807, 2.05) is 33.8 Å². The highest BCUT2D eigenvalue weighted by atomic mass is 19.1. The van der Waals surface area contributed by atoms with Crippen molar-refractivity contribution in [3.05, 3.63) is 89.6 Å². The molecule has 1 aliphatic rings. The van der Waals surface area contributed by atoms with Gasteiger partial charge in [-0.3, -0.25) is 15.1 Å². The summed E-state index contributed by atoms with van der Waals surface area (Å²) in [6.07, 6.45) is 4.01. The summed E-state index contributed by atoms with van der Waals surface area (Å²) in [5, 5.41) is 13.1. The van der Waals surface area contributed by atoms with Crippen LogP contribution < -0.4 is 20.7 Å². The molecule has 230 valence electrons. The Hall–Kier alpha value is -4.77. The van der Waals surface area contributed by atoms with E-state index < -0.39 is 11.8 Å². The average molecular weight is 600 g/mol. The maximum atomic E-state index is 14.9. The van der Waals surface area contributed by atoms with Gasteiger partial charge in [0.15, 0.2) is 0 Å². The van der Waals surface area contributed by atoms with E-state index in [0.29, 0.717) is 29.4 Å². The molecule has 3 amide bonds. The summed E-state index contributed by atoms with van der Waals surface area (Å²) >= 11 is 0. The summed E-state index contributed by atoms with van der Waals surface area (Å²) in [6, 6.07) is 15.8. The van der Waals surface area contributed by atoms with Crippen LogP contribution in [0.15, 0.2) is 66.9 Å². The Labute approximate surface area is 256 Å². The first-order valence-electron chi connectivity index (χ1n) is 14.7. The fraction of sp³-hybridized carbons (Fsp3) is 0.333. The summed E-state index contributed by atoms with van der Waals surface area (Å²) in [7, 11) is 0. The fourth-order valence-corrected chi connectivity index (χ4v) is 4.90. The smallest absolute Gasteiger partial charge is 0.324 e. The van der Waals surface area contributed by atoms with Crippen LogP contribution in [0.25, 0.3) is 5.69 Å². The number of nitrogens with zero attached hydrogens (tertiary/aromatic N) is 4. The Morgan fingerprint density at radius 1 is 0.977 bits per heavy atom. The SMILES string of the molecule is Cc1cc(Oc2ccc(NC(=O)Nc3cc(C(C)(C)C)nn3-c3cccc(C(=O)NCCN4CCCC4)c3)c(F)c2)ccn1. The first-order chi connectivity index (χ1) is 21.0. The predicted octanol–water partition coefficient (Wildman–Crippen LogP) is 6.27. The van der Waals surface area contributed by atoms with Crippen molar-refractivity contribution in [2.24, 2.45) is 0 Å². The number of carbonyl (C=O) groups excluding carboxylic acids is 2. The van der Waals surface area contributed by atoms with Gasteiger partial charge in [-0.05, 0) is 69.3 Å². The molecule has 1 fully saturated rings. The van der Waals surface area contributed by atoms with E-state index in [9.17, 15) is 14.0 Å². The number of aromatic nitrogens is 3. The fourth-order valence-electron chi connectivity index (χ4n) is 4.90. The molecule has 1 saturated heterocycles. The van der Waals surface area contributed by atoms with E-state index in [4.69, 9.17) is 9.84 Å². The first kappa shape index (κ1) is 30.7. The molecule has 0 saturated carbocycles. The van der Waals surface area contributed by atoms with Crippen molar-refractivity contribution < 1.29 is 18.7 Å². The number of hydrogen-bond acceptors (Lipinski definition) is 6. The lowest BCUT2D eigenvalue weighted by atomic mass is 9.92. The lowest BCUT2D eigenvalue weighted by Crippen LogP contribution is -2.33.